The highest BCUT2D eigenvalue weighted by molar-refractivity contribution is 7.80. The minimum absolute atomic E-state index is 0.276. The number of hydrogen-bond acceptors (Lipinski definition) is 4. The summed E-state index contributed by atoms with van der Waals surface area (Å²) in [5.74, 6) is -0.848. The second-order valence-corrected chi connectivity index (χ2v) is 4.33. The minimum Gasteiger partial charge on any atom is -0.359 e. The van der Waals surface area contributed by atoms with Crippen molar-refractivity contribution in [2.45, 2.75) is 6.42 Å². The number of nitrogens with one attached hydrogen (secondary N) is 2. The molecule has 104 valence electrons. The lowest BCUT2D eigenvalue weighted by atomic mass is 10.1. The molecule has 1 rings (SSSR count). The highest BCUT2D eigenvalue weighted by Crippen LogP contribution is 2.07. The summed E-state index contributed by atoms with van der Waals surface area (Å²) in [6, 6.07) is 8.76. The number of thiocarbonyl (C=S) groups is 1. The maximum Gasteiger partial charge on any atom is 0.247 e. The van der Waals surface area contributed by atoms with Gasteiger partial charge in [-0.2, -0.15) is 5.26 Å². The van der Waals surface area contributed by atoms with E-state index in [2.05, 4.69) is 10.7 Å². The maximum atomic E-state index is 11.6. The monoisotopic (exact) mass is 290 g/mol. The van der Waals surface area contributed by atoms with Gasteiger partial charge in [-0.25, -0.2) is 0 Å². The van der Waals surface area contributed by atoms with Gasteiger partial charge in [-0.05, 0) is 12.1 Å². The second kappa shape index (κ2) is 7.21. The van der Waals surface area contributed by atoms with E-state index < -0.39 is 5.91 Å². The smallest absolute Gasteiger partial charge is 0.247 e. The predicted octanol–water partition coefficient (Wildman–Crippen LogP) is 0.333. The Morgan fingerprint density at radius 2 is 2.10 bits per heavy atom. The molecular weight excluding hydrogens is 276 g/mol. The normalized spacial score (nSPS) is 9.25. The van der Waals surface area contributed by atoms with Crippen LogP contribution < -0.4 is 10.7 Å². The van der Waals surface area contributed by atoms with Gasteiger partial charge in [0.05, 0.1) is 11.6 Å². The number of nitriles is 1. The summed E-state index contributed by atoms with van der Waals surface area (Å²) in [7, 11) is 3.03. The van der Waals surface area contributed by atoms with E-state index in [1.165, 1.54) is 12.1 Å². The fourth-order valence-corrected chi connectivity index (χ4v) is 1.60. The Labute approximate surface area is 122 Å². The van der Waals surface area contributed by atoms with Crippen LogP contribution in [0.15, 0.2) is 24.3 Å². The summed E-state index contributed by atoms with van der Waals surface area (Å²) in [5, 5.41) is 12.5. The van der Waals surface area contributed by atoms with Gasteiger partial charge in [-0.3, -0.25) is 20.0 Å². The van der Waals surface area contributed by atoms with E-state index in [0.717, 1.165) is 0 Å². The zero-order valence-corrected chi connectivity index (χ0v) is 12.0. The lowest BCUT2D eigenvalue weighted by Gasteiger charge is -2.21. The number of hydrazine groups is 1. The number of rotatable bonds is 3. The molecule has 0 atom stereocenters. The molecule has 1 aromatic carbocycles. The van der Waals surface area contributed by atoms with Gasteiger partial charge in [0, 0.05) is 19.7 Å². The summed E-state index contributed by atoms with van der Waals surface area (Å²) in [4.78, 5) is 23.0. The number of carbonyl (C=O) groups is 2. The number of carbonyl (C=O) groups excluding carboxylic acids is 2. The molecule has 0 unspecified atom stereocenters. The molecule has 0 radical (unpaired) electrons. The average molecular weight is 290 g/mol. The molecule has 0 saturated carbocycles. The first-order valence-corrected chi connectivity index (χ1v) is 6.17. The molecule has 0 aliphatic heterocycles. The SMILES string of the molecule is CNC(=O)CC(=O)NN(C)C(=S)c1cccc(C#N)c1. The molecule has 0 heterocycles. The van der Waals surface area contributed by atoms with Crippen molar-refractivity contribution in [2.24, 2.45) is 0 Å². The van der Waals surface area contributed by atoms with E-state index in [9.17, 15) is 9.59 Å². The Balaban J connectivity index is 2.69. The maximum absolute atomic E-state index is 11.6. The molecule has 0 fully saturated rings. The number of benzene rings is 1. The molecule has 0 aliphatic rings. The first-order valence-electron chi connectivity index (χ1n) is 5.76. The Morgan fingerprint density at radius 1 is 1.40 bits per heavy atom. The standard InChI is InChI=1S/C13H14N4O2S/c1-15-11(18)7-12(19)16-17(2)13(20)10-5-3-4-9(6-10)8-14/h3-6H,7H2,1-2H3,(H,15,18)(H,16,19). The van der Waals surface area contributed by atoms with Crippen LogP contribution in [0.3, 0.4) is 0 Å². The van der Waals surface area contributed by atoms with Gasteiger partial charge in [0.2, 0.25) is 11.8 Å². The Kier molecular flexibility index (Phi) is 5.62. The first kappa shape index (κ1) is 15.6. The summed E-state index contributed by atoms with van der Waals surface area (Å²) >= 11 is 5.21. The van der Waals surface area contributed by atoms with E-state index in [4.69, 9.17) is 17.5 Å². The highest BCUT2D eigenvalue weighted by atomic mass is 32.1. The first-order chi connectivity index (χ1) is 9.47. The molecule has 7 heteroatoms. The van der Waals surface area contributed by atoms with Crippen molar-refractivity contribution in [3.63, 3.8) is 0 Å². The van der Waals surface area contributed by atoms with Crippen molar-refractivity contribution in [3.8, 4) is 6.07 Å². The summed E-state index contributed by atoms with van der Waals surface area (Å²) in [6.45, 7) is 0. The Hall–Kier alpha value is -2.46. The van der Waals surface area contributed by atoms with Crippen LogP contribution in [0.5, 0.6) is 0 Å². The molecular formula is C13H14N4O2S. The van der Waals surface area contributed by atoms with Gasteiger partial charge in [-0.15, -0.1) is 0 Å². The second-order valence-electron chi connectivity index (χ2n) is 3.94. The van der Waals surface area contributed by atoms with Crippen molar-refractivity contribution < 1.29 is 9.59 Å². The fourth-order valence-electron chi connectivity index (χ4n) is 1.43. The molecule has 0 aromatic heterocycles. The summed E-state index contributed by atoms with van der Waals surface area (Å²) in [5.41, 5.74) is 3.61. The molecule has 20 heavy (non-hydrogen) atoms. The van der Waals surface area contributed by atoms with Crippen molar-refractivity contribution in [1.29, 1.82) is 5.26 Å². The molecule has 2 N–H and O–H groups in total. The van der Waals surface area contributed by atoms with Crippen LogP contribution in [0.1, 0.15) is 17.5 Å². The Morgan fingerprint density at radius 3 is 2.70 bits per heavy atom. The van der Waals surface area contributed by atoms with Crippen LogP contribution in [-0.4, -0.2) is 35.9 Å². The van der Waals surface area contributed by atoms with Gasteiger partial charge in [0.25, 0.3) is 0 Å². The summed E-state index contributed by atoms with van der Waals surface area (Å²) in [6.07, 6.45) is -0.276. The van der Waals surface area contributed by atoms with Gasteiger partial charge in [-0.1, -0.05) is 24.4 Å². The molecule has 0 bridgehead atoms. The van der Waals surface area contributed by atoms with Crippen LogP contribution in [0, 0.1) is 11.3 Å². The largest absolute Gasteiger partial charge is 0.359 e. The van der Waals surface area contributed by atoms with E-state index in [0.29, 0.717) is 16.1 Å². The van der Waals surface area contributed by atoms with E-state index in [1.807, 2.05) is 6.07 Å². The zero-order chi connectivity index (χ0) is 15.1. The average Bonchev–Trinajstić information content (AvgIpc) is 2.46. The van der Waals surface area contributed by atoms with Gasteiger partial charge in [0.15, 0.2) is 0 Å². The number of nitrogens with zero attached hydrogens (tertiary/aromatic N) is 2. The van der Waals surface area contributed by atoms with Crippen LogP contribution in [0.25, 0.3) is 0 Å². The van der Waals surface area contributed by atoms with E-state index in [1.54, 1.807) is 31.3 Å². The topological polar surface area (TPSA) is 85.2 Å². The highest BCUT2D eigenvalue weighted by Gasteiger charge is 2.13. The fraction of sp³-hybridized carbons (Fsp3) is 0.231. The quantitative estimate of drug-likeness (QED) is 0.476. The van der Waals surface area contributed by atoms with Crippen LogP contribution in [0.2, 0.25) is 0 Å². The molecule has 0 saturated heterocycles. The molecule has 0 spiro atoms. The van der Waals surface area contributed by atoms with Gasteiger partial charge < -0.3 is 5.32 Å². The third-order valence-corrected chi connectivity index (χ3v) is 2.95. The van der Waals surface area contributed by atoms with Crippen LogP contribution in [0.4, 0.5) is 0 Å². The third kappa shape index (κ3) is 4.33. The Bertz CT molecular complexity index is 580. The third-order valence-electron chi connectivity index (χ3n) is 2.44. The number of hydrogen-bond donors (Lipinski definition) is 2. The van der Waals surface area contributed by atoms with E-state index >= 15 is 0 Å². The lowest BCUT2D eigenvalue weighted by molar-refractivity contribution is -0.130. The molecule has 2 amide bonds. The number of amides is 2. The van der Waals surface area contributed by atoms with Crippen molar-refractivity contribution in [1.82, 2.24) is 15.8 Å². The summed E-state index contributed by atoms with van der Waals surface area (Å²) < 4.78 is 0. The zero-order valence-electron chi connectivity index (χ0n) is 11.1. The lowest BCUT2D eigenvalue weighted by Crippen LogP contribution is -2.44. The van der Waals surface area contributed by atoms with Crippen molar-refractivity contribution in [2.75, 3.05) is 14.1 Å². The predicted molar refractivity (Wildman–Crippen MR) is 77.4 cm³/mol. The molecule has 1 aromatic rings. The van der Waals surface area contributed by atoms with E-state index in [-0.39, 0.29) is 12.3 Å². The molecule has 0 aliphatic carbocycles. The van der Waals surface area contributed by atoms with Crippen molar-refractivity contribution >= 4 is 29.0 Å². The van der Waals surface area contributed by atoms with Gasteiger partial charge in [0.1, 0.15) is 11.4 Å². The van der Waals surface area contributed by atoms with Crippen molar-refractivity contribution in [3.05, 3.63) is 35.4 Å². The van der Waals surface area contributed by atoms with Crippen LogP contribution in [-0.2, 0) is 9.59 Å². The molecule has 6 nitrogen and oxygen atoms in total. The van der Waals surface area contributed by atoms with Gasteiger partial charge >= 0.3 is 0 Å². The van der Waals surface area contributed by atoms with Crippen LogP contribution >= 0.6 is 12.2 Å². The minimum atomic E-state index is -0.467.